The number of nitrogens with two attached hydrogens (primary N) is 1. The molecule has 0 aromatic rings. The van der Waals surface area contributed by atoms with Gasteiger partial charge in [-0.15, -0.1) is 11.8 Å². The summed E-state index contributed by atoms with van der Waals surface area (Å²) in [4.78, 5) is 11.2. The molecule has 0 radical (unpaired) electrons. The number of ether oxygens (including phenoxy) is 1. The molecule has 0 aromatic heterocycles. The zero-order valence-electron chi connectivity index (χ0n) is 7.08. The highest BCUT2D eigenvalue weighted by molar-refractivity contribution is 8.00. The predicted octanol–water partition coefficient (Wildman–Crippen LogP) is -0.461. The highest BCUT2D eigenvalue weighted by Crippen LogP contribution is 2.18. The van der Waals surface area contributed by atoms with Crippen LogP contribution in [0.15, 0.2) is 0 Å². The van der Waals surface area contributed by atoms with Gasteiger partial charge in [0.2, 0.25) is 0 Å². The first-order valence-corrected chi connectivity index (χ1v) is 5.07. The van der Waals surface area contributed by atoms with Crippen LogP contribution in [0, 0.1) is 0 Å². The van der Waals surface area contributed by atoms with E-state index in [9.17, 15) is 4.79 Å². The van der Waals surface area contributed by atoms with Gasteiger partial charge in [0, 0.05) is 12.3 Å². The van der Waals surface area contributed by atoms with Crippen LogP contribution in [0.4, 0.5) is 0 Å². The van der Waals surface area contributed by atoms with Crippen molar-refractivity contribution < 1.29 is 9.53 Å². The molecule has 0 amide bonds. The summed E-state index contributed by atoms with van der Waals surface area (Å²) in [5, 5.41) is 3.30. The van der Waals surface area contributed by atoms with E-state index in [0.717, 1.165) is 5.75 Å². The van der Waals surface area contributed by atoms with Crippen molar-refractivity contribution in [1.29, 1.82) is 0 Å². The Bertz CT molecular complexity index is 165. The van der Waals surface area contributed by atoms with Crippen molar-refractivity contribution in [3.63, 3.8) is 0 Å². The van der Waals surface area contributed by atoms with Gasteiger partial charge < -0.3 is 10.5 Å². The first-order valence-electron chi connectivity index (χ1n) is 4.02. The maximum atomic E-state index is 11.2. The lowest BCUT2D eigenvalue weighted by molar-refractivity contribution is -0.144. The predicted molar refractivity (Wildman–Crippen MR) is 48.9 cm³/mol. The molecule has 3 N–H and O–H groups in total. The van der Waals surface area contributed by atoms with Gasteiger partial charge in [-0.25, -0.2) is 0 Å². The molecule has 2 atom stereocenters. The van der Waals surface area contributed by atoms with E-state index in [-0.39, 0.29) is 17.4 Å². The summed E-state index contributed by atoms with van der Waals surface area (Å²) in [7, 11) is 0. The van der Waals surface area contributed by atoms with Crippen LogP contribution in [0.1, 0.15) is 6.92 Å². The summed E-state index contributed by atoms with van der Waals surface area (Å²) in [5.74, 6) is 0.599. The van der Waals surface area contributed by atoms with E-state index < -0.39 is 0 Å². The van der Waals surface area contributed by atoms with Crippen molar-refractivity contribution in [2.24, 2.45) is 5.73 Å². The lowest BCUT2D eigenvalue weighted by Gasteiger charge is -2.09. The van der Waals surface area contributed by atoms with Gasteiger partial charge in [0.15, 0.2) is 0 Å². The average Bonchev–Trinajstić information content (AvgIpc) is 2.52. The fourth-order valence-electron chi connectivity index (χ4n) is 1.05. The van der Waals surface area contributed by atoms with Crippen molar-refractivity contribution in [2.75, 3.05) is 18.9 Å². The van der Waals surface area contributed by atoms with Gasteiger partial charge in [0.05, 0.1) is 12.0 Å². The third kappa shape index (κ3) is 2.36. The Balaban J connectivity index is 2.31. The van der Waals surface area contributed by atoms with Crippen molar-refractivity contribution in [1.82, 2.24) is 5.32 Å². The van der Waals surface area contributed by atoms with Crippen molar-refractivity contribution in [2.45, 2.75) is 18.3 Å². The molecule has 12 heavy (non-hydrogen) atoms. The fraction of sp³-hybridized carbons (Fsp3) is 0.857. The lowest BCUT2D eigenvalue weighted by Crippen LogP contribution is -2.40. The van der Waals surface area contributed by atoms with Crippen molar-refractivity contribution in [3.05, 3.63) is 0 Å². The summed E-state index contributed by atoms with van der Waals surface area (Å²) in [6.07, 6.45) is 0. The minimum absolute atomic E-state index is 0.163. The van der Waals surface area contributed by atoms with E-state index in [1.807, 2.05) is 0 Å². The number of hydrogen-bond acceptors (Lipinski definition) is 5. The van der Waals surface area contributed by atoms with E-state index in [1.54, 1.807) is 18.7 Å². The molecule has 1 saturated heterocycles. The van der Waals surface area contributed by atoms with Crippen LogP contribution in [-0.2, 0) is 9.53 Å². The number of esters is 1. The molecule has 70 valence electrons. The topological polar surface area (TPSA) is 64.3 Å². The highest BCUT2D eigenvalue weighted by Gasteiger charge is 2.29. The number of thioether (sulfide) groups is 1. The molecule has 0 aromatic carbocycles. The van der Waals surface area contributed by atoms with Crippen LogP contribution < -0.4 is 11.1 Å². The van der Waals surface area contributed by atoms with Gasteiger partial charge in [-0.05, 0) is 6.92 Å². The molecule has 0 saturated carbocycles. The second-order valence-electron chi connectivity index (χ2n) is 2.53. The summed E-state index contributed by atoms with van der Waals surface area (Å²) in [5.41, 5.74) is 5.43. The van der Waals surface area contributed by atoms with Gasteiger partial charge in [-0.2, -0.15) is 0 Å². The first-order chi connectivity index (χ1) is 5.77. The van der Waals surface area contributed by atoms with Gasteiger partial charge >= 0.3 is 5.97 Å². The third-order valence-corrected chi connectivity index (χ3v) is 2.89. The first kappa shape index (κ1) is 9.83. The standard InChI is InChI=1S/C7H14N2O2S/c1-2-11-7(10)5-4-12-6(3-8)9-5/h5-6,9H,2-4,8H2,1H3/t5-,6?/m1/s1. The van der Waals surface area contributed by atoms with E-state index in [1.165, 1.54) is 0 Å². The number of rotatable bonds is 3. The molecule has 1 fully saturated rings. The molecule has 0 spiro atoms. The number of carbonyl (C=O) groups is 1. The summed E-state index contributed by atoms with van der Waals surface area (Å²) >= 11 is 1.67. The zero-order chi connectivity index (χ0) is 8.97. The SMILES string of the molecule is CCOC(=O)[C@H]1CSC(CN)N1. The Morgan fingerprint density at radius 3 is 3.08 bits per heavy atom. The lowest BCUT2D eigenvalue weighted by atomic mass is 10.3. The highest BCUT2D eigenvalue weighted by atomic mass is 32.2. The van der Waals surface area contributed by atoms with Crippen LogP contribution >= 0.6 is 11.8 Å². The Labute approximate surface area is 76.2 Å². The maximum absolute atomic E-state index is 11.2. The van der Waals surface area contributed by atoms with E-state index in [0.29, 0.717) is 13.2 Å². The second kappa shape index (κ2) is 4.69. The molecule has 4 nitrogen and oxygen atoms in total. The molecule has 1 heterocycles. The molecule has 1 rings (SSSR count). The molecular formula is C7H14N2O2S. The fourth-order valence-corrected chi connectivity index (χ4v) is 2.10. The van der Waals surface area contributed by atoms with Crippen LogP contribution in [0.5, 0.6) is 0 Å². The Hall–Kier alpha value is -0.260. The van der Waals surface area contributed by atoms with Crippen LogP contribution in [0.3, 0.4) is 0 Å². The van der Waals surface area contributed by atoms with Gasteiger partial charge in [-0.3, -0.25) is 10.1 Å². The molecular weight excluding hydrogens is 176 g/mol. The molecule has 0 bridgehead atoms. The van der Waals surface area contributed by atoms with E-state index in [4.69, 9.17) is 10.5 Å². The third-order valence-electron chi connectivity index (χ3n) is 1.64. The van der Waals surface area contributed by atoms with E-state index in [2.05, 4.69) is 5.32 Å². The quantitative estimate of drug-likeness (QED) is 0.590. The average molecular weight is 190 g/mol. The Kier molecular flexibility index (Phi) is 3.84. The second-order valence-corrected chi connectivity index (χ2v) is 3.76. The summed E-state index contributed by atoms with van der Waals surface area (Å²) < 4.78 is 4.86. The monoisotopic (exact) mass is 190 g/mol. The van der Waals surface area contributed by atoms with Crippen molar-refractivity contribution >= 4 is 17.7 Å². The zero-order valence-corrected chi connectivity index (χ0v) is 7.89. The van der Waals surface area contributed by atoms with Gasteiger partial charge in [0.1, 0.15) is 6.04 Å². The number of nitrogens with one attached hydrogen (secondary N) is 1. The van der Waals surface area contributed by atoms with Crippen LogP contribution in [0.25, 0.3) is 0 Å². The Morgan fingerprint density at radius 1 is 1.83 bits per heavy atom. The molecule has 5 heteroatoms. The molecule has 1 aliphatic rings. The summed E-state index contributed by atoms with van der Waals surface area (Å²) in [6.45, 7) is 2.80. The van der Waals surface area contributed by atoms with Crippen molar-refractivity contribution in [3.8, 4) is 0 Å². The maximum Gasteiger partial charge on any atom is 0.324 e. The van der Waals surface area contributed by atoms with Gasteiger partial charge in [-0.1, -0.05) is 0 Å². The van der Waals surface area contributed by atoms with Crippen LogP contribution in [0.2, 0.25) is 0 Å². The largest absolute Gasteiger partial charge is 0.465 e. The normalized spacial score (nSPS) is 28.8. The smallest absolute Gasteiger partial charge is 0.324 e. The number of carbonyl (C=O) groups excluding carboxylic acids is 1. The van der Waals surface area contributed by atoms with Gasteiger partial charge in [0.25, 0.3) is 0 Å². The minimum atomic E-state index is -0.166. The molecule has 1 aliphatic heterocycles. The van der Waals surface area contributed by atoms with E-state index >= 15 is 0 Å². The molecule has 1 unspecified atom stereocenters. The minimum Gasteiger partial charge on any atom is -0.465 e. The van der Waals surface area contributed by atoms with Crippen LogP contribution in [-0.4, -0.2) is 36.3 Å². The molecule has 0 aliphatic carbocycles. The summed E-state index contributed by atoms with van der Waals surface area (Å²) in [6, 6.07) is -0.163. The Morgan fingerprint density at radius 2 is 2.58 bits per heavy atom. The number of hydrogen-bond donors (Lipinski definition) is 2.